The summed E-state index contributed by atoms with van der Waals surface area (Å²) in [6, 6.07) is 27.8. The van der Waals surface area contributed by atoms with Gasteiger partial charge in [0.1, 0.15) is 5.82 Å². The van der Waals surface area contributed by atoms with Crippen LogP contribution in [0.15, 0.2) is 90.1 Å². The maximum atomic E-state index is 12.2. The first-order chi connectivity index (χ1) is 16.2. The van der Waals surface area contributed by atoms with Gasteiger partial charge in [0.25, 0.3) is 0 Å². The van der Waals surface area contributed by atoms with Crippen LogP contribution in [0.4, 0.5) is 0 Å². The third-order valence-corrected chi connectivity index (χ3v) is 6.33. The molecule has 0 saturated carbocycles. The van der Waals surface area contributed by atoms with E-state index in [4.69, 9.17) is 11.6 Å². The van der Waals surface area contributed by atoms with E-state index < -0.39 is 0 Å². The molecule has 0 aliphatic heterocycles. The van der Waals surface area contributed by atoms with Gasteiger partial charge >= 0.3 is 0 Å². The molecule has 0 saturated heterocycles. The third kappa shape index (κ3) is 6.70. The lowest BCUT2D eigenvalue weighted by molar-refractivity contribution is -0.121. The number of carbonyl (C=O) groups excluding carboxylic acids is 1. The second kappa shape index (κ2) is 11.7. The second-order valence-corrected chi connectivity index (χ2v) is 9.09. The molecule has 7 heteroatoms. The van der Waals surface area contributed by atoms with Gasteiger partial charge in [-0.25, -0.2) is 0 Å². The minimum absolute atomic E-state index is 0.0560. The van der Waals surface area contributed by atoms with Gasteiger partial charge in [-0.2, -0.15) is 0 Å². The molecule has 4 aromatic rings. The summed E-state index contributed by atoms with van der Waals surface area (Å²) in [6.45, 7) is 0.554. The number of thioether (sulfide) groups is 1. The van der Waals surface area contributed by atoms with Crippen molar-refractivity contribution < 1.29 is 4.79 Å². The van der Waals surface area contributed by atoms with Gasteiger partial charge < -0.3 is 5.32 Å². The lowest BCUT2D eigenvalue weighted by Gasteiger charge is -2.11. The smallest absolute Gasteiger partial charge is 0.220 e. The Kier molecular flexibility index (Phi) is 8.17. The van der Waals surface area contributed by atoms with E-state index in [1.807, 2.05) is 72.8 Å². The van der Waals surface area contributed by atoms with E-state index in [1.165, 1.54) is 5.56 Å². The number of nitrogens with one attached hydrogen (secondary N) is 1. The molecule has 0 fully saturated rings. The zero-order valence-corrected chi connectivity index (χ0v) is 19.7. The highest BCUT2D eigenvalue weighted by Gasteiger charge is 2.15. The molecule has 0 radical (unpaired) electrons. The molecule has 0 aliphatic carbocycles. The molecule has 168 valence electrons. The lowest BCUT2D eigenvalue weighted by Crippen LogP contribution is -2.22. The summed E-state index contributed by atoms with van der Waals surface area (Å²) in [5, 5.41) is 13.3. The topological polar surface area (TPSA) is 59.8 Å². The Labute approximate surface area is 203 Å². The van der Waals surface area contributed by atoms with Gasteiger partial charge in [-0.3, -0.25) is 9.36 Å². The predicted octanol–water partition coefficient (Wildman–Crippen LogP) is 5.70. The van der Waals surface area contributed by atoms with Crippen LogP contribution in [0, 0.1) is 0 Å². The molecule has 1 aromatic heterocycles. The van der Waals surface area contributed by atoms with Gasteiger partial charge in [0.05, 0.1) is 5.69 Å². The quantitative estimate of drug-likeness (QED) is 0.235. The van der Waals surface area contributed by atoms with Gasteiger partial charge in [-0.15, -0.1) is 10.2 Å². The highest BCUT2D eigenvalue weighted by atomic mass is 35.5. The number of amides is 1. The fraction of sp³-hybridized carbons (Fsp3) is 0.192. The highest BCUT2D eigenvalue weighted by Crippen LogP contribution is 2.26. The molecule has 3 aromatic carbocycles. The van der Waals surface area contributed by atoms with Gasteiger partial charge in [0.15, 0.2) is 5.16 Å². The van der Waals surface area contributed by atoms with Crippen LogP contribution in [-0.4, -0.2) is 26.4 Å². The molecule has 0 bridgehead atoms. The van der Waals surface area contributed by atoms with E-state index in [2.05, 4.69) is 32.2 Å². The second-order valence-electron chi connectivity index (χ2n) is 7.59. The average molecular weight is 477 g/mol. The van der Waals surface area contributed by atoms with Crippen molar-refractivity contribution in [3.8, 4) is 5.69 Å². The lowest BCUT2D eigenvalue weighted by atomic mass is 10.1. The molecule has 1 amide bonds. The van der Waals surface area contributed by atoms with Gasteiger partial charge in [-0.05, 0) is 35.7 Å². The van der Waals surface area contributed by atoms with Crippen molar-refractivity contribution in [1.82, 2.24) is 20.1 Å². The Morgan fingerprint density at radius 1 is 0.909 bits per heavy atom. The summed E-state index contributed by atoms with van der Waals surface area (Å²) in [5.74, 6) is 1.68. The molecular formula is C26H25ClN4OS. The summed E-state index contributed by atoms with van der Waals surface area (Å²) < 4.78 is 2.05. The molecule has 1 heterocycles. The van der Waals surface area contributed by atoms with E-state index >= 15 is 0 Å². The largest absolute Gasteiger partial charge is 0.352 e. The van der Waals surface area contributed by atoms with Crippen molar-refractivity contribution in [1.29, 1.82) is 0 Å². The standard InChI is InChI=1S/C26H25ClN4OS/c27-22-13-7-14-23(18-22)31-24(17-20-9-3-1-4-10-20)29-30-26(31)33-16-8-15-25(32)28-19-21-11-5-2-6-12-21/h1-7,9-14,18H,8,15-17,19H2,(H,28,32). The number of halogens is 1. The third-order valence-electron chi connectivity index (χ3n) is 5.08. The van der Waals surface area contributed by atoms with Gasteiger partial charge in [0.2, 0.25) is 5.91 Å². The van der Waals surface area contributed by atoms with E-state index in [-0.39, 0.29) is 5.91 Å². The predicted molar refractivity (Wildman–Crippen MR) is 134 cm³/mol. The van der Waals surface area contributed by atoms with Crippen molar-refractivity contribution in [3.05, 3.63) is 107 Å². The molecule has 33 heavy (non-hydrogen) atoms. The fourth-order valence-electron chi connectivity index (χ4n) is 3.44. The first-order valence-electron chi connectivity index (χ1n) is 10.9. The Bertz CT molecular complexity index is 1180. The minimum atomic E-state index is 0.0560. The first-order valence-corrected chi connectivity index (χ1v) is 12.2. The minimum Gasteiger partial charge on any atom is -0.352 e. The zero-order chi connectivity index (χ0) is 22.9. The molecular weight excluding hydrogens is 452 g/mol. The number of hydrogen-bond donors (Lipinski definition) is 1. The molecule has 5 nitrogen and oxygen atoms in total. The van der Waals surface area contributed by atoms with Crippen molar-refractivity contribution in [3.63, 3.8) is 0 Å². The van der Waals surface area contributed by atoms with Crippen LogP contribution in [0.2, 0.25) is 5.02 Å². The van der Waals surface area contributed by atoms with E-state index in [1.54, 1.807) is 11.8 Å². The summed E-state index contributed by atoms with van der Waals surface area (Å²) in [7, 11) is 0. The molecule has 1 N–H and O–H groups in total. The number of benzene rings is 3. The Hall–Kier alpha value is -3.09. The summed E-state index contributed by atoms with van der Waals surface area (Å²) >= 11 is 7.86. The molecule has 0 atom stereocenters. The summed E-state index contributed by atoms with van der Waals surface area (Å²) in [4.78, 5) is 12.2. The highest BCUT2D eigenvalue weighted by molar-refractivity contribution is 7.99. The number of aromatic nitrogens is 3. The van der Waals surface area contributed by atoms with Gasteiger partial charge in [0, 0.05) is 30.2 Å². The van der Waals surface area contributed by atoms with Crippen molar-refractivity contribution in [2.75, 3.05) is 5.75 Å². The Balaban J connectivity index is 1.38. The van der Waals surface area contributed by atoms with Crippen LogP contribution < -0.4 is 5.32 Å². The monoisotopic (exact) mass is 476 g/mol. The molecule has 0 spiro atoms. The Morgan fingerprint density at radius 3 is 2.36 bits per heavy atom. The first kappa shape index (κ1) is 23.1. The number of nitrogens with zero attached hydrogens (tertiary/aromatic N) is 3. The van der Waals surface area contributed by atoms with Crippen LogP contribution in [0.1, 0.15) is 29.8 Å². The van der Waals surface area contributed by atoms with E-state index in [0.29, 0.717) is 24.4 Å². The Morgan fingerprint density at radius 2 is 1.64 bits per heavy atom. The molecule has 0 aliphatic rings. The zero-order valence-electron chi connectivity index (χ0n) is 18.2. The van der Waals surface area contributed by atoms with Crippen molar-refractivity contribution in [2.45, 2.75) is 31.0 Å². The maximum Gasteiger partial charge on any atom is 0.220 e. The van der Waals surface area contributed by atoms with Crippen LogP contribution in [0.3, 0.4) is 0 Å². The summed E-state index contributed by atoms with van der Waals surface area (Å²) in [6.07, 6.45) is 1.90. The van der Waals surface area contributed by atoms with E-state index in [0.717, 1.165) is 34.4 Å². The maximum absolute atomic E-state index is 12.2. The average Bonchev–Trinajstić information content (AvgIpc) is 3.24. The SMILES string of the molecule is O=C(CCCSc1nnc(Cc2ccccc2)n1-c1cccc(Cl)c1)NCc1ccccc1. The fourth-order valence-corrected chi connectivity index (χ4v) is 4.54. The van der Waals surface area contributed by atoms with Crippen LogP contribution >= 0.6 is 23.4 Å². The van der Waals surface area contributed by atoms with Crippen LogP contribution in [-0.2, 0) is 17.8 Å². The summed E-state index contributed by atoms with van der Waals surface area (Å²) in [5.41, 5.74) is 3.20. The normalized spacial score (nSPS) is 10.8. The molecule has 0 unspecified atom stereocenters. The van der Waals surface area contributed by atoms with Crippen molar-refractivity contribution in [2.24, 2.45) is 0 Å². The van der Waals surface area contributed by atoms with Gasteiger partial charge in [-0.1, -0.05) is 90.1 Å². The van der Waals surface area contributed by atoms with E-state index in [9.17, 15) is 4.79 Å². The number of rotatable bonds is 10. The molecule has 4 rings (SSSR count). The van der Waals surface area contributed by atoms with Crippen molar-refractivity contribution >= 4 is 29.3 Å². The number of carbonyl (C=O) groups is 1. The van der Waals surface area contributed by atoms with Crippen LogP contribution in [0.5, 0.6) is 0 Å². The number of hydrogen-bond acceptors (Lipinski definition) is 4. The van der Waals surface area contributed by atoms with Crippen LogP contribution in [0.25, 0.3) is 5.69 Å².